The van der Waals surface area contributed by atoms with Crippen molar-refractivity contribution in [2.24, 2.45) is 0 Å². The molecule has 0 atom stereocenters. The molecule has 0 aromatic heterocycles. The molecule has 0 spiro atoms. The molecular weight excluding hydrogens is 394 g/mol. The zero-order valence-electron chi connectivity index (χ0n) is 13.8. The number of benzene rings is 2. The third-order valence-corrected chi connectivity index (χ3v) is 4.19. The van der Waals surface area contributed by atoms with Crippen molar-refractivity contribution in [3.8, 4) is 0 Å². The topological polar surface area (TPSA) is 147 Å². The van der Waals surface area contributed by atoms with E-state index in [2.05, 4.69) is 5.32 Å². The smallest absolute Gasteiger partial charge is 0.337 e. The number of hydrogen-bond donors (Lipinski definition) is 2. The Morgan fingerprint density at radius 2 is 1.79 bits per heavy atom. The zero-order chi connectivity index (χ0) is 20.6. The van der Waals surface area contributed by atoms with E-state index in [4.69, 9.17) is 11.6 Å². The molecule has 142 valence electrons. The standard InChI is InChI=1S/C17H10ClN3O7/c18-8-1-4-13(12(5-8)17(25)26)19-14(22)7-20-15(23)10-3-2-9(21(27)28)6-11(10)16(20)24/h1-6H,7H2,(H,19,22)(H,25,26). The van der Waals surface area contributed by atoms with Crippen LogP contribution in [-0.2, 0) is 4.79 Å². The summed E-state index contributed by atoms with van der Waals surface area (Å²) in [5, 5.41) is 22.5. The lowest BCUT2D eigenvalue weighted by molar-refractivity contribution is -0.384. The Hall–Kier alpha value is -3.79. The Morgan fingerprint density at radius 1 is 1.11 bits per heavy atom. The quantitative estimate of drug-likeness (QED) is 0.441. The van der Waals surface area contributed by atoms with Crippen molar-refractivity contribution in [3.05, 3.63) is 68.2 Å². The molecule has 10 nitrogen and oxygen atoms in total. The number of fused-ring (bicyclic) bond motifs is 1. The summed E-state index contributed by atoms with van der Waals surface area (Å²) in [6.45, 7) is -0.693. The molecule has 28 heavy (non-hydrogen) atoms. The number of aromatic carboxylic acids is 1. The second-order valence-electron chi connectivity index (χ2n) is 5.73. The Kier molecular flexibility index (Phi) is 4.80. The van der Waals surface area contributed by atoms with E-state index < -0.39 is 35.2 Å². The van der Waals surface area contributed by atoms with Crippen LogP contribution in [0.5, 0.6) is 0 Å². The van der Waals surface area contributed by atoms with E-state index in [-0.39, 0.29) is 33.1 Å². The minimum atomic E-state index is -1.33. The summed E-state index contributed by atoms with van der Waals surface area (Å²) < 4.78 is 0. The number of nitro benzene ring substituents is 1. The molecule has 0 saturated heterocycles. The third-order valence-electron chi connectivity index (χ3n) is 3.95. The Labute approximate surface area is 161 Å². The largest absolute Gasteiger partial charge is 0.478 e. The fourth-order valence-corrected chi connectivity index (χ4v) is 2.84. The maximum atomic E-state index is 12.4. The van der Waals surface area contributed by atoms with E-state index in [1.54, 1.807) is 0 Å². The Morgan fingerprint density at radius 3 is 2.43 bits per heavy atom. The van der Waals surface area contributed by atoms with Gasteiger partial charge in [0.2, 0.25) is 5.91 Å². The first-order chi connectivity index (χ1) is 13.2. The molecule has 1 aliphatic heterocycles. The number of hydrogen-bond acceptors (Lipinski definition) is 6. The molecule has 3 amide bonds. The summed E-state index contributed by atoms with van der Waals surface area (Å²) in [5.74, 6) is -3.78. The number of rotatable bonds is 5. The molecule has 0 bridgehead atoms. The van der Waals surface area contributed by atoms with Gasteiger partial charge < -0.3 is 10.4 Å². The molecule has 0 radical (unpaired) electrons. The van der Waals surface area contributed by atoms with Gasteiger partial charge in [-0.25, -0.2) is 4.79 Å². The maximum Gasteiger partial charge on any atom is 0.337 e. The molecule has 0 fully saturated rings. The van der Waals surface area contributed by atoms with Gasteiger partial charge in [0.05, 0.1) is 27.3 Å². The van der Waals surface area contributed by atoms with Crippen LogP contribution in [-0.4, -0.2) is 45.2 Å². The van der Waals surface area contributed by atoms with Gasteiger partial charge in [-0.15, -0.1) is 0 Å². The lowest BCUT2D eigenvalue weighted by Crippen LogP contribution is -2.37. The first-order valence-corrected chi connectivity index (χ1v) is 8.04. The predicted octanol–water partition coefficient (Wildman–Crippen LogP) is 2.18. The van der Waals surface area contributed by atoms with Gasteiger partial charge in [0, 0.05) is 17.2 Å². The van der Waals surface area contributed by atoms with Crippen LogP contribution in [0.3, 0.4) is 0 Å². The van der Waals surface area contributed by atoms with Gasteiger partial charge in [-0.3, -0.25) is 29.4 Å². The summed E-state index contributed by atoms with van der Waals surface area (Å²) in [4.78, 5) is 59.0. The second-order valence-corrected chi connectivity index (χ2v) is 6.16. The Bertz CT molecular complexity index is 1070. The fraction of sp³-hybridized carbons (Fsp3) is 0.0588. The lowest BCUT2D eigenvalue weighted by atomic mass is 10.1. The normalized spacial score (nSPS) is 12.7. The first kappa shape index (κ1) is 19.0. The van der Waals surface area contributed by atoms with Gasteiger partial charge in [0.15, 0.2) is 0 Å². The minimum Gasteiger partial charge on any atom is -0.478 e. The summed E-state index contributed by atoms with van der Waals surface area (Å²) in [5.41, 5.74) is -0.919. The van der Waals surface area contributed by atoms with Crippen LogP contribution in [0, 0.1) is 10.1 Å². The molecule has 0 unspecified atom stereocenters. The van der Waals surface area contributed by atoms with Gasteiger partial charge in [0.1, 0.15) is 6.54 Å². The molecule has 0 aliphatic carbocycles. The number of carbonyl (C=O) groups is 4. The van der Waals surface area contributed by atoms with Crippen LogP contribution in [0.2, 0.25) is 5.02 Å². The van der Waals surface area contributed by atoms with Crippen LogP contribution < -0.4 is 5.32 Å². The van der Waals surface area contributed by atoms with Gasteiger partial charge in [0.25, 0.3) is 17.5 Å². The van der Waals surface area contributed by atoms with Crippen LogP contribution in [0.1, 0.15) is 31.1 Å². The number of imide groups is 1. The van der Waals surface area contributed by atoms with Crippen molar-refractivity contribution in [1.82, 2.24) is 4.90 Å². The number of amides is 3. The number of nitrogens with one attached hydrogen (secondary N) is 1. The van der Waals surface area contributed by atoms with E-state index in [9.17, 15) is 34.4 Å². The van der Waals surface area contributed by atoms with Gasteiger partial charge in [-0.1, -0.05) is 11.6 Å². The average Bonchev–Trinajstić information content (AvgIpc) is 2.87. The summed E-state index contributed by atoms with van der Waals surface area (Å²) >= 11 is 5.74. The summed E-state index contributed by atoms with van der Waals surface area (Å²) in [6, 6.07) is 6.98. The molecular formula is C17H10ClN3O7. The van der Waals surface area contributed by atoms with E-state index in [0.717, 1.165) is 24.3 Å². The molecule has 1 heterocycles. The molecule has 11 heteroatoms. The summed E-state index contributed by atoms with van der Waals surface area (Å²) in [6.07, 6.45) is 0. The minimum absolute atomic E-state index is 0.0545. The van der Waals surface area contributed by atoms with Gasteiger partial charge in [-0.05, 0) is 24.3 Å². The zero-order valence-corrected chi connectivity index (χ0v) is 14.6. The molecule has 2 aromatic rings. The van der Waals surface area contributed by atoms with Crippen molar-refractivity contribution in [3.63, 3.8) is 0 Å². The summed E-state index contributed by atoms with van der Waals surface area (Å²) in [7, 11) is 0. The van der Waals surface area contributed by atoms with Crippen molar-refractivity contribution < 1.29 is 29.2 Å². The SMILES string of the molecule is O=C(CN1C(=O)c2ccc([N+](=O)[O-])cc2C1=O)Nc1ccc(Cl)cc1C(=O)O. The average molecular weight is 404 g/mol. The van der Waals surface area contributed by atoms with Crippen LogP contribution in [0.25, 0.3) is 0 Å². The Balaban J connectivity index is 1.80. The van der Waals surface area contributed by atoms with Gasteiger partial charge >= 0.3 is 5.97 Å². The van der Waals surface area contributed by atoms with Crippen LogP contribution >= 0.6 is 11.6 Å². The highest BCUT2D eigenvalue weighted by Gasteiger charge is 2.37. The van der Waals surface area contributed by atoms with E-state index in [1.165, 1.54) is 12.1 Å². The van der Waals surface area contributed by atoms with E-state index in [0.29, 0.717) is 4.90 Å². The van der Waals surface area contributed by atoms with Crippen molar-refractivity contribution >= 4 is 46.7 Å². The van der Waals surface area contributed by atoms with Crippen LogP contribution in [0.15, 0.2) is 36.4 Å². The molecule has 2 aromatic carbocycles. The maximum absolute atomic E-state index is 12.4. The van der Waals surface area contributed by atoms with Gasteiger partial charge in [-0.2, -0.15) is 0 Å². The number of nitrogens with zero attached hydrogens (tertiary/aromatic N) is 2. The second kappa shape index (κ2) is 7.08. The molecule has 3 rings (SSSR count). The number of carbonyl (C=O) groups excluding carboxylic acids is 3. The first-order valence-electron chi connectivity index (χ1n) is 7.66. The van der Waals surface area contributed by atoms with E-state index >= 15 is 0 Å². The lowest BCUT2D eigenvalue weighted by Gasteiger charge is -2.14. The number of carboxylic acid groups (broad SMARTS) is 1. The van der Waals surface area contributed by atoms with Crippen molar-refractivity contribution in [2.75, 3.05) is 11.9 Å². The van der Waals surface area contributed by atoms with Crippen molar-refractivity contribution in [2.45, 2.75) is 0 Å². The molecule has 1 aliphatic rings. The highest BCUT2D eigenvalue weighted by Crippen LogP contribution is 2.27. The molecule has 2 N–H and O–H groups in total. The highest BCUT2D eigenvalue weighted by molar-refractivity contribution is 6.31. The predicted molar refractivity (Wildman–Crippen MR) is 95.5 cm³/mol. The number of non-ortho nitro benzene ring substituents is 1. The number of nitro groups is 1. The van der Waals surface area contributed by atoms with Crippen molar-refractivity contribution in [1.29, 1.82) is 0 Å². The number of carboxylic acids is 1. The fourth-order valence-electron chi connectivity index (χ4n) is 2.67. The number of halogens is 1. The van der Waals surface area contributed by atoms with E-state index in [1.807, 2.05) is 0 Å². The number of anilines is 1. The third kappa shape index (κ3) is 3.40. The van der Waals surface area contributed by atoms with Crippen LogP contribution in [0.4, 0.5) is 11.4 Å². The monoisotopic (exact) mass is 403 g/mol. The molecule has 0 saturated carbocycles. The highest BCUT2D eigenvalue weighted by atomic mass is 35.5.